The van der Waals surface area contributed by atoms with Crippen LogP contribution >= 0.6 is 56.5 Å². The molecule has 0 aliphatic carbocycles. The minimum absolute atomic E-state index is 0.193. The predicted molar refractivity (Wildman–Crippen MR) is 172 cm³/mol. The molecular formula is C30H24I2N2O5S. The van der Waals surface area contributed by atoms with Crippen LogP contribution in [0.2, 0.25) is 0 Å². The van der Waals surface area contributed by atoms with Gasteiger partial charge in [0, 0.05) is 5.56 Å². The number of aromatic nitrogens is 1. The molecule has 0 bridgehead atoms. The Morgan fingerprint density at radius 2 is 1.70 bits per heavy atom. The molecule has 1 aromatic heterocycles. The van der Waals surface area contributed by atoms with Crippen molar-refractivity contribution in [3.63, 3.8) is 0 Å². The maximum Gasteiger partial charge on any atom is 0.338 e. The van der Waals surface area contributed by atoms with E-state index in [0.717, 1.165) is 29.6 Å². The number of hydrogen-bond donors (Lipinski definition) is 0. The SMILES string of the molecule is CCOC(=O)C1=C(c2ccccc2)N=c2s/c(=C\c3cc(I)c(OC)c(I)c3)c(=O)n2C1c1ccc(OC)cc1. The topological polar surface area (TPSA) is 79.1 Å². The molecule has 0 N–H and O–H groups in total. The van der Waals surface area contributed by atoms with Gasteiger partial charge < -0.3 is 14.2 Å². The summed E-state index contributed by atoms with van der Waals surface area (Å²) in [6.45, 7) is 1.95. The molecule has 10 heteroatoms. The molecule has 0 amide bonds. The molecule has 1 unspecified atom stereocenters. The lowest BCUT2D eigenvalue weighted by Crippen LogP contribution is -2.40. The summed E-state index contributed by atoms with van der Waals surface area (Å²) in [6.07, 6.45) is 1.86. The van der Waals surface area contributed by atoms with Crippen LogP contribution in [-0.4, -0.2) is 31.4 Å². The summed E-state index contributed by atoms with van der Waals surface area (Å²) in [5.41, 5.74) is 2.94. The number of thiazole rings is 1. The fourth-order valence-electron chi connectivity index (χ4n) is 4.55. The Hall–Kier alpha value is -2.97. The Labute approximate surface area is 262 Å². The number of nitrogens with zero attached hydrogens (tertiary/aromatic N) is 2. The van der Waals surface area contributed by atoms with E-state index in [9.17, 15) is 9.59 Å². The third-order valence-corrected chi connectivity index (χ3v) is 8.91. The van der Waals surface area contributed by atoms with Crippen LogP contribution in [0, 0.1) is 7.14 Å². The minimum Gasteiger partial charge on any atom is -0.497 e. The standard InChI is InChI=1S/C30H24I2N2O5S/c1-4-39-29(36)24-25(18-8-6-5-7-9-18)33-30-34(26(24)19-10-12-20(37-2)13-11-19)28(35)23(40-30)16-17-14-21(31)27(38-3)22(32)15-17/h5-16,26H,4H2,1-3H3/b23-16-. The van der Waals surface area contributed by atoms with Crippen LogP contribution in [0.15, 0.2) is 82.1 Å². The first kappa shape index (κ1) is 28.6. The van der Waals surface area contributed by atoms with Gasteiger partial charge in [0.15, 0.2) is 4.80 Å². The number of esters is 1. The summed E-state index contributed by atoms with van der Waals surface area (Å²) >= 11 is 5.74. The molecule has 0 saturated heterocycles. The number of fused-ring (bicyclic) bond motifs is 1. The largest absolute Gasteiger partial charge is 0.497 e. The van der Waals surface area contributed by atoms with Crippen molar-refractivity contribution in [2.75, 3.05) is 20.8 Å². The monoisotopic (exact) mass is 778 g/mol. The lowest BCUT2D eigenvalue weighted by atomic mass is 9.93. The zero-order chi connectivity index (χ0) is 28.4. The molecule has 3 aromatic carbocycles. The lowest BCUT2D eigenvalue weighted by molar-refractivity contribution is -0.138. The molecule has 5 rings (SSSR count). The third-order valence-electron chi connectivity index (χ3n) is 6.33. The van der Waals surface area contributed by atoms with E-state index >= 15 is 0 Å². The van der Waals surface area contributed by atoms with Crippen LogP contribution in [0.3, 0.4) is 0 Å². The number of halogens is 2. The molecule has 1 aliphatic rings. The molecule has 4 aromatic rings. The van der Waals surface area contributed by atoms with Crippen LogP contribution in [0.4, 0.5) is 0 Å². The quantitative estimate of drug-likeness (QED) is 0.192. The normalized spacial score (nSPS) is 14.9. The fourth-order valence-corrected chi connectivity index (χ4v) is 7.81. The summed E-state index contributed by atoms with van der Waals surface area (Å²) in [4.78, 5) is 33.0. The van der Waals surface area contributed by atoms with Gasteiger partial charge in [0.05, 0.1) is 49.8 Å². The van der Waals surface area contributed by atoms with Gasteiger partial charge >= 0.3 is 5.97 Å². The van der Waals surface area contributed by atoms with Gasteiger partial charge in [-0.2, -0.15) is 0 Å². The van der Waals surface area contributed by atoms with Gasteiger partial charge in [-0.1, -0.05) is 53.8 Å². The smallest absolute Gasteiger partial charge is 0.338 e. The number of rotatable bonds is 7. The molecule has 40 heavy (non-hydrogen) atoms. The van der Waals surface area contributed by atoms with Crippen molar-refractivity contribution in [3.8, 4) is 11.5 Å². The summed E-state index contributed by atoms with van der Waals surface area (Å²) in [5.74, 6) is 0.954. The summed E-state index contributed by atoms with van der Waals surface area (Å²) in [5, 5.41) is 0. The molecule has 1 atom stereocenters. The number of carbonyl (C=O) groups excluding carboxylic acids is 1. The van der Waals surface area contributed by atoms with Gasteiger partial charge in [-0.05, 0) is 93.6 Å². The first-order valence-corrected chi connectivity index (χ1v) is 15.3. The Bertz CT molecular complexity index is 1770. The highest BCUT2D eigenvalue weighted by atomic mass is 127. The van der Waals surface area contributed by atoms with Crippen LogP contribution in [0.1, 0.15) is 29.7 Å². The van der Waals surface area contributed by atoms with Gasteiger partial charge in [0.25, 0.3) is 5.56 Å². The summed E-state index contributed by atoms with van der Waals surface area (Å²) in [7, 11) is 3.24. The first-order valence-electron chi connectivity index (χ1n) is 12.3. The molecule has 0 fully saturated rings. The van der Waals surface area contributed by atoms with Crippen LogP contribution in [0.5, 0.6) is 11.5 Å². The summed E-state index contributed by atoms with van der Waals surface area (Å²) in [6, 6.07) is 20.1. The Kier molecular flexibility index (Phi) is 8.76. The highest BCUT2D eigenvalue weighted by Crippen LogP contribution is 2.36. The molecule has 0 radical (unpaired) electrons. The zero-order valence-corrected chi connectivity index (χ0v) is 26.9. The van der Waals surface area contributed by atoms with Crippen LogP contribution < -0.4 is 24.4 Å². The van der Waals surface area contributed by atoms with E-state index in [4.69, 9.17) is 19.2 Å². The average molecular weight is 778 g/mol. The van der Waals surface area contributed by atoms with Gasteiger partial charge in [-0.3, -0.25) is 9.36 Å². The lowest BCUT2D eigenvalue weighted by Gasteiger charge is -2.26. The third kappa shape index (κ3) is 5.48. The number of methoxy groups -OCH3 is 2. The Balaban J connectivity index is 1.80. The van der Waals surface area contributed by atoms with E-state index < -0.39 is 12.0 Å². The maximum atomic E-state index is 14.0. The molecule has 0 spiro atoms. The number of benzene rings is 3. The van der Waals surface area contributed by atoms with E-state index in [1.165, 1.54) is 11.3 Å². The Morgan fingerprint density at radius 3 is 2.30 bits per heavy atom. The second-order valence-electron chi connectivity index (χ2n) is 8.72. The molecule has 204 valence electrons. The maximum absolute atomic E-state index is 14.0. The van der Waals surface area contributed by atoms with E-state index in [1.54, 1.807) is 25.7 Å². The zero-order valence-electron chi connectivity index (χ0n) is 21.8. The van der Waals surface area contributed by atoms with Crippen molar-refractivity contribution < 1.29 is 19.0 Å². The fraction of sp³-hybridized carbons (Fsp3) is 0.167. The predicted octanol–water partition coefficient (Wildman–Crippen LogP) is 5.16. The first-order chi connectivity index (χ1) is 19.4. The number of carbonyl (C=O) groups is 1. The van der Waals surface area contributed by atoms with Gasteiger partial charge in [-0.25, -0.2) is 9.79 Å². The van der Waals surface area contributed by atoms with Crippen molar-refractivity contribution >= 4 is 74.3 Å². The van der Waals surface area contributed by atoms with Crippen LogP contribution in [-0.2, 0) is 9.53 Å². The number of ether oxygens (including phenoxy) is 3. The van der Waals surface area contributed by atoms with Crippen molar-refractivity contribution in [1.82, 2.24) is 4.57 Å². The molecular weight excluding hydrogens is 754 g/mol. The van der Waals surface area contributed by atoms with Crippen molar-refractivity contribution in [3.05, 3.63) is 116 Å². The molecule has 2 heterocycles. The second kappa shape index (κ2) is 12.3. The van der Waals surface area contributed by atoms with Crippen molar-refractivity contribution in [2.24, 2.45) is 4.99 Å². The molecule has 1 aliphatic heterocycles. The second-order valence-corrected chi connectivity index (χ2v) is 12.1. The molecule has 0 saturated carbocycles. The average Bonchev–Trinajstić information content (AvgIpc) is 3.27. The van der Waals surface area contributed by atoms with E-state index in [0.29, 0.717) is 26.4 Å². The Morgan fingerprint density at radius 1 is 1.02 bits per heavy atom. The highest BCUT2D eigenvalue weighted by Gasteiger charge is 2.35. The summed E-state index contributed by atoms with van der Waals surface area (Å²) < 4.78 is 20.4. The van der Waals surface area contributed by atoms with Gasteiger partial charge in [0.2, 0.25) is 0 Å². The van der Waals surface area contributed by atoms with E-state index in [1.807, 2.05) is 72.8 Å². The van der Waals surface area contributed by atoms with Crippen molar-refractivity contribution in [2.45, 2.75) is 13.0 Å². The van der Waals surface area contributed by atoms with E-state index in [2.05, 4.69) is 45.2 Å². The van der Waals surface area contributed by atoms with Crippen molar-refractivity contribution in [1.29, 1.82) is 0 Å². The molecule has 7 nitrogen and oxygen atoms in total. The minimum atomic E-state index is -0.741. The van der Waals surface area contributed by atoms with Gasteiger partial charge in [-0.15, -0.1) is 0 Å². The highest BCUT2D eigenvalue weighted by molar-refractivity contribution is 14.1. The van der Waals surface area contributed by atoms with Crippen LogP contribution in [0.25, 0.3) is 11.8 Å². The van der Waals surface area contributed by atoms with E-state index in [-0.39, 0.29) is 12.2 Å². The van der Waals surface area contributed by atoms with Gasteiger partial charge in [0.1, 0.15) is 11.5 Å². The number of hydrogen-bond acceptors (Lipinski definition) is 7.